The number of aromatic nitrogens is 2. The molecule has 0 amide bonds. The Morgan fingerprint density at radius 2 is 1.03 bits per heavy atom. The molecule has 2 aliphatic heterocycles. The molecule has 0 unspecified atom stereocenters. The lowest BCUT2D eigenvalue weighted by molar-refractivity contribution is 0.892. The zero-order valence-electron chi connectivity index (χ0n) is 19.7. The molecule has 6 heteroatoms. The molecule has 0 saturated heterocycles. The van der Waals surface area contributed by atoms with Crippen LogP contribution in [0.3, 0.4) is 0 Å². The van der Waals surface area contributed by atoms with Crippen LogP contribution in [0.2, 0.25) is 0 Å². The predicted molar refractivity (Wildman–Crippen MR) is 139 cm³/mol. The van der Waals surface area contributed by atoms with Crippen LogP contribution >= 0.6 is 0 Å². The smallest absolute Gasteiger partial charge is 0.259 e. The van der Waals surface area contributed by atoms with Crippen LogP contribution in [0.15, 0.2) is 94.5 Å². The van der Waals surface area contributed by atoms with Gasteiger partial charge in [0.1, 0.15) is 17.7 Å². The fourth-order valence-electron chi connectivity index (χ4n) is 4.72. The summed E-state index contributed by atoms with van der Waals surface area (Å²) in [4.78, 5) is 27.4. The van der Waals surface area contributed by atoms with Crippen LogP contribution in [0.5, 0.6) is 0 Å². The molecule has 0 bridgehead atoms. The molecule has 5 rings (SSSR count). The third-order valence-corrected chi connectivity index (χ3v) is 6.51. The second-order valence-corrected chi connectivity index (χ2v) is 8.45. The first-order valence-electron chi connectivity index (χ1n) is 11.3. The Morgan fingerprint density at radius 3 is 1.47 bits per heavy atom. The van der Waals surface area contributed by atoms with E-state index in [0.717, 1.165) is 22.5 Å². The van der Waals surface area contributed by atoms with Crippen LogP contribution in [-0.4, -0.2) is 9.13 Å². The van der Waals surface area contributed by atoms with E-state index in [0.29, 0.717) is 27.1 Å². The second-order valence-electron chi connectivity index (χ2n) is 8.45. The standard InChI is InChI=1S/C30H20N4O2/c1-33-24-11-7-3-5-9-22(24)27(29(33)35)26(20-15-13-19(14-16-20)21(17-31)18-32)28-23-10-6-4-8-12-25(23)34(2)30(28)36/h3-16H,1-2H3. The third kappa shape index (κ3) is 3.41. The molecule has 0 spiro atoms. The van der Waals surface area contributed by atoms with Gasteiger partial charge < -0.3 is 9.13 Å². The maximum atomic E-state index is 13.7. The van der Waals surface area contributed by atoms with Gasteiger partial charge in [-0.1, -0.05) is 72.8 Å². The first kappa shape index (κ1) is 22.6. The average molecular weight is 469 g/mol. The van der Waals surface area contributed by atoms with Crippen LogP contribution in [0.1, 0.15) is 11.1 Å². The monoisotopic (exact) mass is 468 g/mol. The van der Waals surface area contributed by atoms with Gasteiger partial charge in [0.15, 0.2) is 0 Å². The van der Waals surface area contributed by atoms with E-state index >= 15 is 0 Å². The summed E-state index contributed by atoms with van der Waals surface area (Å²) < 4.78 is 3.18. The van der Waals surface area contributed by atoms with Crippen molar-refractivity contribution in [2.75, 3.05) is 0 Å². The normalized spacial score (nSPS) is 10.7. The van der Waals surface area contributed by atoms with Gasteiger partial charge in [-0.2, -0.15) is 10.5 Å². The van der Waals surface area contributed by atoms with Gasteiger partial charge in [0, 0.05) is 36.0 Å². The first-order valence-corrected chi connectivity index (χ1v) is 11.3. The summed E-state index contributed by atoms with van der Waals surface area (Å²) in [5.74, 6) is 0. The molecule has 172 valence electrons. The molecule has 2 heterocycles. The average Bonchev–Trinajstić information content (AvgIpc) is 3.13. The molecule has 4 aliphatic rings. The molecule has 36 heavy (non-hydrogen) atoms. The number of hydrogen-bond acceptors (Lipinski definition) is 4. The zero-order chi connectivity index (χ0) is 25.4. The van der Waals surface area contributed by atoms with Crippen molar-refractivity contribution in [2.45, 2.75) is 0 Å². The van der Waals surface area contributed by atoms with E-state index in [2.05, 4.69) is 0 Å². The Morgan fingerprint density at radius 1 is 0.611 bits per heavy atom. The molecule has 6 nitrogen and oxygen atoms in total. The van der Waals surface area contributed by atoms with Crippen molar-refractivity contribution < 1.29 is 0 Å². The van der Waals surface area contributed by atoms with E-state index in [4.69, 9.17) is 0 Å². The Balaban J connectivity index is 2.02. The molecular weight excluding hydrogens is 448 g/mol. The van der Waals surface area contributed by atoms with E-state index in [-0.39, 0.29) is 16.7 Å². The number of fused-ring (bicyclic) bond motifs is 2. The Kier molecular flexibility index (Phi) is 5.56. The summed E-state index contributed by atoms with van der Waals surface area (Å²) in [7, 11) is 3.44. The lowest BCUT2D eigenvalue weighted by atomic mass is 9.92. The van der Waals surface area contributed by atoms with Crippen molar-refractivity contribution in [1.29, 1.82) is 10.5 Å². The molecule has 2 aliphatic carbocycles. The number of nitrogens with zero attached hydrogens (tertiary/aromatic N) is 4. The molecule has 0 saturated carbocycles. The maximum Gasteiger partial charge on any atom is 0.259 e. The highest BCUT2D eigenvalue weighted by molar-refractivity contribution is 5.94. The van der Waals surface area contributed by atoms with Crippen LogP contribution in [0, 0.1) is 22.7 Å². The minimum atomic E-state index is -0.215. The fraction of sp³-hybridized carbons (Fsp3) is 0.0667. The SMILES string of the molecule is Cn1c2cccccc-2c(C(c2c3cccccc-3n(C)c2=O)=c2ccc(=C(C#N)C#N)cc2)c1=O. The second kappa shape index (κ2) is 8.87. The van der Waals surface area contributed by atoms with Gasteiger partial charge in [-0.3, -0.25) is 9.59 Å². The molecule has 0 atom stereocenters. The minimum Gasteiger partial charge on any atom is -0.311 e. The molecule has 0 aromatic heterocycles. The van der Waals surface area contributed by atoms with Crippen molar-refractivity contribution in [3.05, 3.63) is 127 Å². The van der Waals surface area contributed by atoms with E-state index in [1.165, 1.54) is 0 Å². The quantitative estimate of drug-likeness (QED) is 0.398. The van der Waals surface area contributed by atoms with Gasteiger partial charge in [-0.05, 0) is 17.4 Å². The highest BCUT2D eigenvalue weighted by atomic mass is 16.1. The van der Waals surface area contributed by atoms with E-state index in [1.807, 2.05) is 72.8 Å². The van der Waals surface area contributed by atoms with Crippen molar-refractivity contribution in [3.8, 4) is 34.7 Å². The first-order chi connectivity index (χ1) is 17.5. The lowest BCUT2D eigenvalue weighted by Gasteiger charge is -2.07. The van der Waals surface area contributed by atoms with Crippen LogP contribution in [-0.2, 0) is 14.1 Å². The van der Waals surface area contributed by atoms with Crippen molar-refractivity contribution in [1.82, 2.24) is 9.13 Å². The molecule has 0 fully saturated rings. The molecule has 1 aromatic rings. The van der Waals surface area contributed by atoms with Crippen molar-refractivity contribution >= 4 is 11.1 Å². The van der Waals surface area contributed by atoms with Crippen LogP contribution in [0.4, 0.5) is 0 Å². The summed E-state index contributed by atoms with van der Waals surface area (Å²) in [5, 5.41) is 19.7. The van der Waals surface area contributed by atoms with Gasteiger partial charge in [0.25, 0.3) is 11.1 Å². The van der Waals surface area contributed by atoms with Gasteiger partial charge >= 0.3 is 0 Å². The fourth-order valence-corrected chi connectivity index (χ4v) is 4.72. The summed E-state index contributed by atoms with van der Waals surface area (Å²) in [6.07, 6.45) is 0. The molecular formula is C30H20N4O2. The van der Waals surface area contributed by atoms with Crippen molar-refractivity contribution in [3.63, 3.8) is 0 Å². The van der Waals surface area contributed by atoms with E-state index in [1.54, 1.807) is 47.5 Å². The van der Waals surface area contributed by atoms with Crippen LogP contribution in [0.25, 0.3) is 33.7 Å². The Bertz CT molecular complexity index is 1800. The number of rotatable bonds is 2. The van der Waals surface area contributed by atoms with Gasteiger partial charge in [0.2, 0.25) is 0 Å². The lowest BCUT2D eigenvalue weighted by Crippen LogP contribution is -2.23. The number of hydrogen-bond donors (Lipinski definition) is 0. The topological polar surface area (TPSA) is 91.6 Å². The van der Waals surface area contributed by atoms with Gasteiger partial charge in [-0.15, -0.1) is 0 Å². The summed E-state index contributed by atoms with van der Waals surface area (Å²) in [5.41, 5.74) is 3.88. The van der Waals surface area contributed by atoms with Gasteiger partial charge in [0.05, 0.1) is 22.5 Å². The predicted octanol–water partition coefficient (Wildman–Crippen LogP) is 2.74. The minimum absolute atomic E-state index is 0.00787. The summed E-state index contributed by atoms with van der Waals surface area (Å²) in [6, 6.07) is 29.4. The third-order valence-electron chi connectivity index (χ3n) is 6.51. The Labute approximate surface area is 206 Å². The summed E-state index contributed by atoms with van der Waals surface area (Å²) in [6.45, 7) is 0. The maximum absolute atomic E-state index is 13.7. The highest BCUT2D eigenvalue weighted by Crippen LogP contribution is 2.34. The number of nitriles is 2. The van der Waals surface area contributed by atoms with E-state index in [9.17, 15) is 20.1 Å². The van der Waals surface area contributed by atoms with E-state index < -0.39 is 0 Å². The zero-order valence-corrected chi connectivity index (χ0v) is 19.7. The highest BCUT2D eigenvalue weighted by Gasteiger charge is 2.28. The van der Waals surface area contributed by atoms with Gasteiger partial charge in [-0.25, -0.2) is 0 Å². The number of benzene rings is 1. The molecule has 1 aromatic carbocycles. The van der Waals surface area contributed by atoms with Crippen molar-refractivity contribution in [2.24, 2.45) is 14.1 Å². The molecule has 0 N–H and O–H groups in total. The molecule has 0 radical (unpaired) electrons. The largest absolute Gasteiger partial charge is 0.311 e. The Hall–Kier alpha value is -5.20. The van der Waals surface area contributed by atoms with Crippen LogP contribution < -0.4 is 21.6 Å². The summed E-state index contributed by atoms with van der Waals surface area (Å²) >= 11 is 0.